The van der Waals surface area contributed by atoms with Crippen molar-refractivity contribution < 1.29 is 18.0 Å². The normalized spacial score (nSPS) is 14.2. The number of halogens is 3. The van der Waals surface area contributed by atoms with Gasteiger partial charge in [0.05, 0.1) is 22.8 Å². The first-order valence-electron chi connectivity index (χ1n) is 6.42. The van der Waals surface area contributed by atoms with Crippen molar-refractivity contribution in [1.82, 2.24) is 10.3 Å². The molecule has 7 heteroatoms. The summed E-state index contributed by atoms with van der Waals surface area (Å²) in [5.74, 6) is -4.72. The molecule has 1 N–H and O–H groups in total. The van der Waals surface area contributed by atoms with Crippen molar-refractivity contribution in [3.8, 4) is 0 Å². The molecule has 0 bridgehead atoms. The van der Waals surface area contributed by atoms with Gasteiger partial charge in [-0.05, 0) is 25.0 Å². The lowest BCUT2D eigenvalue weighted by Crippen LogP contribution is -2.24. The molecule has 110 valence electrons. The van der Waals surface area contributed by atoms with Crippen LogP contribution >= 0.6 is 11.3 Å². The number of nitrogens with zero attached hydrogens (tertiary/aromatic N) is 1. The lowest BCUT2D eigenvalue weighted by Gasteiger charge is -2.05. The molecule has 1 aliphatic rings. The molecule has 0 unspecified atom stereocenters. The summed E-state index contributed by atoms with van der Waals surface area (Å²) in [6.07, 6.45) is 2.28. The zero-order valence-electron chi connectivity index (χ0n) is 10.8. The highest BCUT2D eigenvalue weighted by Gasteiger charge is 2.26. The molecule has 0 atom stereocenters. The first-order valence-corrected chi connectivity index (χ1v) is 7.30. The largest absolute Gasteiger partial charge is 0.346 e. The van der Waals surface area contributed by atoms with Gasteiger partial charge in [0.2, 0.25) is 0 Å². The summed E-state index contributed by atoms with van der Waals surface area (Å²) in [5.41, 5.74) is 0.157. The molecule has 1 saturated carbocycles. The molecule has 3 nitrogen and oxygen atoms in total. The number of nitrogens with one attached hydrogen (secondary N) is 1. The average Bonchev–Trinajstić information content (AvgIpc) is 3.21. The standard InChI is InChI=1S/C14H11F3N2OS/c15-10-4-3-9(11(16)12(10)17)13(20)18-5-8-6-21-14(19-8)7-1-2-7/h3-4,6-7H,1-2,5H2,(H,18,20). The van der Waals surface area contributed by atoms with Crippen LogP contribution in [-0.4, -0.2) is 10.9 Å². The van der Waals surface area contributed by atoms with E-state index >= 15 is 0 Å². The van der Waals surface area contributed by atoms with E-state index in [1.54, 1.807) is 0 Å². The predicted octanol–water partition coefficient (Wildman–Crippen LogP) is 3.37. The Labute approximate surface area is 122 Å². The Morgan fingerprint density at radius 2 is 2.05 bits per heavy atom. The van der Waals surface area contributed by atoms with Crippen molar-refractivity contribution in [1.29, 1.82) is 0 Å². The van der Waals surface area contributed by atoms with Crippen molar-refractivity contribution in [2.45, 2.75) is 25.3 Å². The Bertz CT molecular complexity index is 698. The minimum Gasteiger partial charge on any atom is -0.346 e. The Hall–Kier alpha value is -1.89. The highest BCUT2D eigenvalue weighted by atomic mass is 32.1. The minimum atomic E-state index is -1.65. The van der Waals surface area contributed by atoms with Crippen molar-refractivity contribution in [2.75, 3.05) is 0 Å². The first-order chi connectivity index (χ1) is 10.1. The summed E-state index contributed by atoms with van der Waals surface area (Å²) >= 11 is 1.53. The zero-order valence-corrected chi connectivity index (χ0v) is 11.6. The van der Waals surface area contributed by atoms with E-state index in [0.29, 0.717) is 11.6 Å². The second-order valence-corrected chi connectivity index (χ2v) is 5.75. The van der Waals surface area contributed by atoms with Gasteiger partial charge in [-0.3, -0.25) is 4.79 Å². The minimum absolute atomic E-state index is 0.125. The molecular formula is C14H11F3N2OS. The summed E-state index contributed by atoms with van der Waals surface area (Å²) in [6.45, 7) is 0.125. The van der Waals surface area contributed by atoms with Gasteiger partial charge in [-0.2, -0.15) is 0 Å². The van der Waals surface area contributed by atoms with Crippen molar-refractivity contribution in [2.24, 2.45) is 0 Å². The SMILES string of the molecule is O=C(NCc1csc(C2CC2)n1)c1ccc(F)c(F)c1F. The van der Waals surface area contributed by atoms with Crippen molar-refractivity contribution in [3.63, 3.8) is 0 Å². The Morgan fingerprint density at radius 1 is 1.29 bits per heavy atom. The molecule has 1 amide bonds. The Kier molecular flexibility index (Phi) is 3.67. The highest BCUT2D eigenvalue weighted by Crippen LogP contribution is 2.41. The third-order valence-corrected chi connectivity index (χ3v) is 4.26. The van der Waals surface area contributed by atoms with E-state index in [1.807, 2.05) is 5.38 Å². The number of carbonyl (C=O) groups is 1. The number of hydrogen-bond acceptors (Lipinski definition) is 3. The molecule has 2 aromatic rings. The molecule has 1 aromatic carbocycles. The topological polar surface area (TPSA) is 42.0 Å². The van der Waals surface area contributed by atoms with Crippen LogP contribution in [0.15, 0.2) is 17.5 Å². The summed E-state index contributed by atoms with van der Waals surface area (Å²) in [4.78, 5) is 16.2. The van der Waals surface area contributed by atoms with Crippen LogP contribution in [0, 0.1) is 17.5 Å². The van der Waals surface area contributed by atoms with Crippen LogP contribution in [0.4, 0.5) is 13.2 Å². The molecular weight excluding hydrogens is 301 g/mol. The highest BCUT2D eigenvalue weighted by molar-refractivity contribution is 7.09. The first kappa shape index (κ1) is 14.1. The van der Waals surface area contributed by atoms with E-state index < -0.39 is 28.9 Å². The van der Waals surface area contributed by atoms with Crippen LogP contribution in [0.2, 0.25) is 0 Å². The summed E-state index contributed by atoms with van der Waals surface area (Å²) < 4.78 is 39.3. The second kappa shape index (κ2) is 5.48. The molecule has 0 aliphatic heterocycles. The maximum Gasteiger partial charge on any atom is 0.254 e. The van der Waals surface area contributed by atoms with Crippen LogP contribution in [0.5, 0.6) is 0 Å². The van der Waals surface area contributed by atoms with Gasteiger partial charge in [0.15, 0.2) is 17.5 Å². The van der Waals surface area contributed by atoms with E-state index in [-0.39, 0.29) is 6.54 Å². The fourth-order valence-electron chi connectivity index (χ4n) is 1.89. The molecule has 21 heavy (non-hydrogen) atoms. The van der Waals surface area contributed by atoms with E-state index in [4.69, 9.17) is 0 Å². The summed E-state index contributed by atoms with van der Waals surface area (Å²) in [5, 5.41) is 5.32. The van der Waals surface area contributed by atoms with Gasteiger partial charge >= 0.3 is 0 Å². The van der Waals surface area contributed by atoms with E-state index in [9.17, 15) is 18.0 Å². The number of amides is 1. The van der Waals surface area contributed by atoms with Crippen LogP contribution in [0.3, 0.4) is 0 Å². The number of carbonyl (C=O) groups excluding carboxylic acids is 1. The molecule has 1 fully saturated rings. The zero-order chi connectivity index (χ0) is 15.0. The Morgan fingerprint density at radius 3 is 2.76 bits per heavy atom. The molecule has 3 rings (SSSR count). The molecule has 1 heterocycles. The smallest absolute Gasteiger partial charge is 0.254 e. The van der Waals surface area contributed by atoms with Gasteiger partial charge in [-0.25, -0.2) is 18.2 Å². The maximum absolute atomic E-state index is 13.5. The second-order valence-electron chi connectivity index (χ2n) is 4.86. The molecule has 0 radical (unpaired) electrons. The van der Waals surface area contributed by atoms with Gasteiger partial charge in [0.25, 0.3) is 5.91 Å². The Balaban J connectivity index is 1.67. The van der Waals surface area contributed by atoms with Gasteiger partial charge in [0, 0.05) is 11.3 Å². The number of rotatable bonds is 4. The van der Waals surface area contributed by atoms with E-state index in [1.165, 1.54) is 11.3 Å². The van der Waals surface area contributed by atoms with Gasteiger partial charge in [0.1, 0.15) is 0 Å². The quantitative estimate of drug-likeness (QED) is 0.880. The third kappa shape index (κ3) is 2.92. The van der Waals surface area contributed by atoms with Gasteiger partial charge in [-0.15, -0.1) is 11.3 Å². The maximum atomic E-state index is 13.5. The molecule has 0 saturated heterocycles. The van der Waals surface area contributed by atoms with Crippen LogP contribution in [-0.2, 0) is 6.54 Å². The predicted molar refractivity (Wildman–Crippen MR) is 71.6 cm³/mol. The van der Waals surface area contributed by atoms with Gasteiger partial charge < -0.3 is 5.32 Å². The lowest BCUT2D eigenvalue weighted by molar-refractivity contribution is 0.0945. The monoisotopic (exact) mass is 312 g/mol. The van der Waals surface area contributed by atoms with Crippen molar-refractivity contribution >= 4 is 17.2 Å². The molecule has 1 aliphatic carbocycles. The van der Waals surface area contributed by atoms with E-state index in [0.717, 1.165) is 30.0 Å². The molecule has 0 spiro atoms. The van der Waals surface area contributed by atoms with Crippen LogP contribution < -0.4 is 5.32 Å². The number of thiazole rings is 1. The van der Waals surface area contributed by atoms with Crippen molar-refractivity contribution in [3.05, 3.63) is 51.2 Å². The van der Waals surface area contributed by atoms with E-state index in [2.05, 4.69) is 10.3 Å². The summed E-state index contributed by atoms with van der Waals surface area (Å²) in [6, 6.07) is 1.64. The third-order valence-electron chi connectivity index (χ3n) is 3.21. The fourth-order valence-corrected chi connectivity index (χ4v) is 2.88. The lowest BCUT2D eigenvalue weighted by atomic mass is 10.2. The number of aromatic nitrogens is 1. The van der Waals surface area contributed by atoms with Crippen LogP contribution in [0.1, 0.15) is 39.8 Å². The number of benzene rings is 1. The number of hydrogen-bond donors (Lipinski definition) is 1. The fraction of sp³-hybridized carbons (Fsp3) is 0.286. The average molecular weight is 312 g/mol. The summed E-state index contributed by atoms with van der Waals surface area (Å²) in [7, 11) is 0. The van der Waals surface area contributed by atoms with Gasteiger partial charge in [-0.1, -0.05) is 0 Å². The molecule has 1 aromatic heterocycles. The van der Waals surface area contributed by atoms with Crippen LogP contribution in [0.25, 0.3) is 0 Å².